The molecule has 2 unspecified atom stereocenters. The summed E-state index contributed by atoms with van der Waals surface area (Å²) in [6.45, 7) is 2.80. The zero-order chi connectivity index (χ0) is 17.2. The molecular formula is C17H27IN4O2S. The standard InChI is InChI=1S/C17H26N4O2S.HI/c1-19-17(21-11-14-4-2-3-5-15(14)12-21)20-10-13-6-8-16(9-7-13)24(18,22)23;/h6-9,14-15H,2-5,10-12H2,1H3,(H,19,20)(H2,18,22,23);1H. The zero-order valence-electron chi connectivity index (χ0n) is 14.5. The Kier molecular flexibility index (Phi) is 7.10. The van der Waals surface area contributed by atoms with E-state index in [0.717, 1.165) is 36.4 Å². The Morgan fingerprint density at radius 2 is 1.76 bits per heavy atom. The maximum Gasteiger partial charge on any atom is 0.238 e. The van der Waals surface area contributed by atoms with E-state index in [1.165, 1.54) is 25.7 Å². The van der Waals surface area contributed by atoms with Crippen LogP contribution in [0.3, 0.4) is 0 Å². The quantitative estimate of drug-likeness (QED) is 0.396. The van der Waals surface area contributed by atoms with Gasteiger partial charge in [-0.25, -0.2) is 13.6 Å². The van der Waals surface area contributed by atoms with E-state index in [0.29, 0.717) is 6.54 Å². The number of nitrogens with one attached hydrogen (secondary N) is 1. The van der Waals surface area contributed by atoms with E-state index in [9.17, 15) is 8.42 Å². The molecule has 8 heteroatoms. The molecule has 2 fully saturated rings. The summed E-state index contributed by atoms with van der Waals surface area (Å²) < 4.78 is 22.6. The van der Waals surface area contributed by atoms with E-state index in [2.05, 4.69) is 15.2 Å². The highest BCUT2D eigenvalue weighted by Gasteiger charge is 2.35. The molecule has 1 aromatic carbocycles. The van der Waals surface area contributed by atoms with Crippen LogP contribution in [0.4, 0.5) is 0 Å². The highest BCUT2D eigenvalue weighted by atomic mass is 127. The summed E-state index contributed by atoms with van der Waals surface area (Å²) in [5.74, 6) is 2.55. The van der Waals surface area contributed by atoms with Gasteiger partial charge in [-0.2, -0.15) is 0 Å². The van der Waals surface area contributed by atoms with Gasteiger partial charge in [-0.3, -0.25) is 4.99 Å². The number of likely N-dealkylation sites (tertiary alicyclic amines) is 1. The van der Waals surface area contributed by atoms with E-state index in [4.69, 9.17) is 5.14 Å². The van der Waals surface area contributed by atoms with Gasteiger partial charge in [0.25, 0.3) is 0 Å². The highest BCUT2D eigenvalue weighted by Crippen LogP contribution is 2.35. The highest BCUT2D eigenvalue weighted by molar-refractivity contribution is 14.0. The molecular weight excluding hydrogens is 451 g/mol. The first-order chi connectivity index (χ1) is 11.5. The van der Waals surface area contributed by atoms with Crippen LogP contribution in [0, 0.1) is 11.8 Å². The summed E-state index contributed by atoms with van der Waals surface area (Å²) in [5.41, 5.74) is 1.00. The van der Waals surface area contributed by atoms with E-state index >= 15 is 0 Å². The number of guanidine groups is 1. The number of sulfonamides is 1. The van der Waals surface area contributed by atoms with Crippen LogP contribution in [0.25, 0.3) is 0 Å². The molecule has 0 bridgehead atoms. The van der Waals surface area contributed by atoms with Crippen molar-refractivity contribution < 1.29 is 8.42 Å². The van der Waals surface area contributed by atoms with Crippen molar-refractivity contribution in [2.75, 3.05) is 20.1 Å². The number of hydrogen-bond donors (Lipinski definition) is 2. The molecule has 3 rings (SSSR count). The van der Waals surface area contributed by atoms with Crippen LogP contribution in [0.2, 0.25) is 0 Å². The molecule has 1 aromatic rings. The number of benzene rings is 1. The van der Waals surface area contributed by atoms with Gasteiger partial charge in [0.15, 0.2) is 5.96 Å². The summed E-state index contributed by atoms with van der Waals surface area (Å²) in [6.07, 6.45) is 5.40. The second-order valence-corrected chi connectivity index (χ2v) is 8.36. The first-order valence-electron chi connectivity index (χ1n) is 8.54. The molecule has 0 radical (unpaired) electrons. The molecule has 2 atom stereocenters. The van der Waals surface area contributed by atoms with Crippen LogP contribution in [0.5, 0.6) is 0 Å². The molecule has 1 aliphatic carbocycles. The molecule has 25 heavy (non-hydrogen) atoms. The van der Waals surface area contributed by atoms with Gasteiger partial charge in [-0.15, -0.1) is 24.0 Å². The Morgan fingerprint density at radius 3 is 2.24 bits per heavy atom. The Hall–Kier alpha value is -0.870. The number of rotatable bonds is 3. The third-order valence-corrected chi connectivity index (χ3v) is 6.12. The summed E-state index contributed by atoms with van der Waals surface area (Å²) in [6, 6.07) is 6.65. The molecule has 3 N–H and O–H groups in total. The third kappa shape index (κ3) is 5.07. The monoisotopic (exact) mass is 478 g/mol. The van der Waals surface area contributed by atoms with Crippen molar-refractivity contribution in [2.45, 2.75) is 37.1 Å². The van der Waals surface area contributed by atoms with Crippen LogP contribution < -0.4 is 10.5 Å². The van der Waals surface area contributed by atoms with E-state index in [-0.39, 0.29) is 28.9 Å². The molecule has 0 aromatic heterocycles. The maximum atomic E-state index is 11.3. The van der Waals surface area contributed by atoms with Gasteiger partial charge in [0.2, 0.25) is 10.0 Å². The molecule has 6 nitrogen and oxygen atoms in total. The SMILES string of the molecule is CN=C(NCc1ccc(S(N)(=O)=O)cc1)N1CC2CCCCC2C1.I. The molecule has 2 aliphatic rings. The summed E-state index contributed by atoms with van der Waals surface area (Å²) in [7, 11) is -1.82. The number of hydrogen-bond acceptors (Lipinski definition) is 3. The number of nitrogens with two attached hydrogens (primary N) is 1. The molecule has 140 valence electrons. The van der Waals surface area contributed by atoms with Crippen LogP contribution in [0.1, 0.15) is 31.2 Å². The minimum atomic E-state index is -3.63. The Balaban J connectivity index is 0.00000225. The number of primary sulfonamides is 1. The molecule has 1 saturated heterocycles. The molecule has 1 aliphatic heterocycles. The topological polar surface area (TPSA) is 87.8 Å². The number of nitrogens with zero attached hydrogens (tertiary/aromatic N) is 2. The summed E-state index contributed by atoms with van der Waals surface area (Å²) in [4.78, 5) is 6.91. The lowest BCUT2D eigenvalue weighted by Crippen LogP contribution is -2.39. The van der Waals surface area contributed by atoms with Gasteiger partial charge in [0.05, 0.1) is 4.90 Å². The van der Waals surface area contributed by atoms with Crippen molar-refractivity contribution in [1.29, 1.82) is 0 Å². The van der Waals surface area contributed by atoms with Crippen LogP contribution in [-0.4, -0.2) is 39.4 Å². The fourth-order valence-electron chi connectivity index (χ4n) is 3.89. The molecule has 0 amide bonds. The third-order valence-electron chi connectivity index (χ3n) is 5.19. The molecule has 1 saturated carbocycles. The second-order valence-electron chi connectivity index (χ2n) is 6.80. The summed E-state index contributed by atoms with van der Waals surface area (Å²) >= 11 is 0. The van der Waals surface area contributed by atoms with Crippen molar-refractivity contribution in [3.05, 3.63) is 29.8 Å². The van der Waals surface area contributed by atoms with E-state index < -0.39 is 10.0 Å². The molecule has 0 spiro atoms. The zero-order valence-corrected chi connectivity index (χ0v) is 17.7. The lowest BCUT2D eigenvalue weighted by molar-refractivity contribution is 0.299. The lowest BCUT2D eigenvalue weighted by atomic mass is 9.82. The number of fused-ring (bicyclic) bond motifs is 1. The van der Waals surface area contributed by atoms with E-state index in [1.807, 2.05) is 7.05 Å². The van der Waals surface area contributed by atoms with Crippen LogP contribution in [0.15, 0.2) is 34.2 Å². The van der Waals surface area contributed by atoms with Gasteiger partial charge in [0.1, 0.15) is 0 Å². The number of aliphatic imine (C=N–C) groups is 1. The fraction of sp³-hybridized carbons (Fsp3) is 0.588. The molecule has 1 heterocycles. The van der Waals surface area contributed by atoms with Crippen molar-refractivity contribution in [1.82, 2.24) is 10.2 Å². The van der Waals surface area contributed by atoms with E-state index in [1.54, 1.807) is 24.3 Å². The average Bonchev–Trinajstić information content (AvgIpc) is 2.99. The predicted molar refractivity (Wildman–Crippen MR) is 110 cm³/mol. The minimum absolute atomic E-state index is 0. The number of halogens is 1. The second kappa shape index (κ2) is 8.68. The first kappa shape index (κ1) is 20.4. The smallest absolute Gasteiger partial charge is 0.238 e. The first-order valence-corrected chi connectivity index (χ1v) is 10.1. The fourth-order valence-corrected chi connectivity index (χ4v) is 4.40. The van der Waals surface area contributed by atoms with Gasteiger partial charge < -0.3 is 10.2 Å². The minimum Gasteiger partial charge on any atom is -0.352 e. The Bertz CT molecular complexity index is 692. The van der Waals surface area contributed by atoms with Gasteiger partial charge >= 0.3 is 0 Å². The predicted octanol–water partition coefficient (Wildman–Crippen LogP) is 2.15. The van der Waals surface area contributed by atoms with Crippen LogP contribution in [-0.2, 0) is 16.6 Å². The van der Waals surface area contributed by atoms with Gasteiger partial charge in [0, 0.05) is 26.7 Å². The lowest BCUT2D eigenvalue weighted by Gasteiger charge is -2.22. The normalized spacial score (nSPS) is 23.8. The maximum absolute atomic E-state index is 11.3. The Morgan fingerprint density at radius 1 is 1.20 bits per heavy atom. The average molecular weight is 478 g/mol. The summed E-state index contributed by atoms with van der Waals surface area (Å²) in [5, 5.41) is 8.51. The van der Waals surface area contributed by atoms with Crippen molar-refractivity contribution >= 4 is 40.0 Å². The van der Waals surface area contributed by atoms with Gasteiger partial charge in [-0.05, 0) is 42.4 Å². The van der Waals surface area contributed by atoms with Gasteiger partial charge in [-0.1, -0.05) is 25.0 Å². The van der Waals surface area contributed by atoms with Crippen molar-refractivity contribution in [3.8, 4) is 0 Å². The van der Waals surface area contributed by atoms with Crippen molar-refractivity contribution in [3.63, 3.8) is 0 Å². The Labute approximate surface area is 167 Å². The largest absolute Gasteiger partial charge is 0.352 e. The van der Waals surface area contributed by atoms with Crippen molar-refractivity contribution in [2.24, 2.45) is 22.0 Å². The van der Waals surface area contributed by atoms with Crippen LogP contribution >= 0.6 is 24.0 Å².